The maximum Gasteiger partial charge on any atom is 0.267 e. The summed E-state index contributed by atoms with van der Waals surface area (Å²) in [4.78, 5) is 14.8. The third kappa shape index (κ3) is 2.82. The highest BCUT2D eigenvalue weighted by molar-refractivity contribution is 9.10. The van der Waals surface area contributed by atoms with Crippen LogP contribution in [-0.2, 0) is 0 Å². The summed E-state index contributed by atoms with van der Waals surface area (Å²) < 4.78 is 6.44. The number of benzene rings is 1. The zero-order chi connectivity index (χ0) is 12.3. The van der Waals surface area contributed by atoms with Gasteiger partial charge in [0.15, 0.2) is 0 Å². The van der Waals surface area contributed by atoms with Crippen LogP contribution in [-0.4, -0.2) is 10.9 Å². The van der Waals surface area contributed by atoms with E-state index in [1.54, 1.807) is 6.07 Å². The molecule has 17 heavy (non-hydrogen) atoms. The predicted molar refractivity (Wildman–Crippen MR) is 67.0 cm³/mol. The van der Waals surface area contributed by atoms with Crippen molar-refractivity contribution in [3.05, 3.63) is 52.8 Å². The van der Waals surface area contributed by atoms with E-state index in [2.05, 4.69) is 20.9 Å². The molecule has 0 aliphatic heterocycles. The highest BCUT2D eigenvalue weighted by Gasteiger charge is 2.06. The molecule has 1 amide bonds. The van der Waals surface area contributed by atoms with E-state index < -0.39 is 5.91 Å². The highest BCUT2D eigenvalue weighted by Crippen LogP contribution is 2.28. The molecule has 0 bridgehead atoms. The number of carbonyl (C=O) groups is 1. The normalized spacial score (nSPS) is 9.94. The minimum Gasteiger partial charge on any atom is -0.456 e. The minimum absolute atomic E-state index is 0.176. The SMILES string of the molecule is NC(=O)c1cc(Oc2ccccc2Br)ccn1. The first-order valence-corrected chi connectivity index (χ1v) is 5.64. The minimum atomic E-state index is -0.581. The van der Waals surface area contributed by atoms with Crippen LogP contribution >= 0.6 is 15.9 Å². The number of pyridine rings is 1. The lowest BCUT2D eigenvalue weighted by Gasteiger charge is -2.07. The van der Waals surface area contributed by atoms with Crippen LogP contribution in [0.25, 0.3) is 0 Å². The lowest BCUT2D eigenvalue weighted by molar-refractivity contribution is 0.0995. The van der Waals surface area contributed by atoms with Gasteiger partial charge in [-0.25, -0.2) is 0 Å². The molecule has 5 heteroatoms. The fourth-order valence-electron chi connectivity index (χ4n) is 1.26. The van der Waals surface area contributed by atoms with Crippen molar-refractivity contribution >= 4 is 21.8 Å². The van der Waals surface area contributed by atoms with Crippen molar-refractivity contribution in [3.63, 3.8) is 0 Å². The third-order valence-electron chi connectivity index (χ3n) is 2.05. The van der Waals surface area contributed by atoms with E-state index in [1.807, 2.05) is 24.3 Å². The molecule has 1 aromatic carbocycles. The predicted octanol–water partition coefficient (Wildman–Crippen LogP) is 2.74. The van der Waals surface area contributed by atoms with E-state index in [0.717, 1.165) is 4.47 Å². The van der Waals surface area contributed by atoms with Crippen LogP contribution in [0.2, 0.25) is 0 Å². The number of ether oxygens (including phenoxy) is 1. The van der Waals surface area contributed by atoms with E-state index in [1.165, 1.54) is 12.3 Å². The maximum atomic E-state index is 11.0. The Labute approximate surface area is 107 Å². The topological polar surface area (TPSA) is 65.2 Å². The van der Waals surface area contributed by atoms with Gasteiger partial charge in [0.05, 0.1) is 4.47 Å². The molecule has 4 nitrogen and oxygen atoms in total. The number of nitrogens with two attached hydrogens (primary N) is 1. The first-order chi connectivity index (χ1) is 8.16. The van der Waals surface area contributed by atoms with Crippen LogP contribution < -0.4 is 10.5 Å². The summed E-state index contributed by atoms with van der Waals surface area (Å²) in [6, 6.07) is 10.6. The zero-order valence-corrected chi connectivity index (χ0v) is 10.3. The number of amides is 1. The van der Waals surface area contributed by atoms with Crippen molar-refractivity contribution in [2.45, 2.75) is 0 Å². The van der Waals surface area contributed by atoms with Gasteiger partial charge in [-0.3, -0.25) is 9.78 Å². The van der Waals surface area contributed by atoms with Crippen LogP contribution in [0.1, 0.15) is 10.5 Å². The molecular weight excluding hydrogens is 284 g/mol. The van der Waals surface area contributed by atoms with Crippen molar-refractivity contribution in [2.24, 2.45) is 5.73 Å². The Kier molecular flexibility index (Phi) is 3.39. The van der Waals surface area contributed by atoms with Gasteiger partial charge in [-0.2, -0.15) is 0 Å². The number of primary amides is 1. The number of carbonyl (C=O) groups excluding carboxylic acids is 1. The summed E-state index contributed by atoms with van der Waals surface area (Å²) in [6.45, 7) is 0. The molecule has 2 rings (SSSR count). The Morgan fingerprint density at radius 2 is 2.06 bits per heavy atom. The van der Waals surface area contributed by atoms with E-state index in [-0.39, 0.29) is 5.69 Å². The summed E-state index contributed by atoms with van der Waals surface area (Å²) >= 11 is 3.37. The second kappa shape index (κ2) is 4.97. The summed E-state index contributed by atoms with van der Waals surface area (Å²) in [5.74, 6) is 0.595. The van der Waals surface area contributed by atoms with Crippen LogP contribution in [0.5, 0.6) is 11.5 Å². The van der Waals surface area contributed by atoms with Crippen molar-refractivity contribution in [1.82, 2.24) is 4.98 Å². The fourth-order valence-corrected chi connectivity index (χ4v) is 1.63. The molecule has 0 unspecified atom stereocenters. The van der Waals surface area contributed by atoms with E-state index >= 15 is 0 Å². The maximum absolute atomic E-state index is 11.0. The first-order valence-electron chi connectivity index (χ1n) is 4.85. The molecule has 0 radical (unpaired) electrons. The fraction of sp³-hybridized carbons (Fsp3) is 0. The van der Waals surface area contributed by atoms with Gasteiger partial charge >= 0.3 is 0 Å². The Bertz CT molecular complexity index is 558. The average Bonchev–Trinajstić information content (AvgIpc) is 2.32. The van der Waals surface area contributed by atoms with E-state index in [0.29, 0.717) is 11.5 Å². The molecular formula is C12H9BrN2O2. The molecule has 1 heterocycles. The number of rotatable bonds is 3. The van der Waals surface area contributed by atoms with Gasteiger partial charge in [-0.1, -0.05) is 12.1 Å². The average molecular weight is 293 g/mol. The number of aromatic nitrogens is 1. The van der Waals surface area contributed by atoms with Gasteiger partial charge in [-0.15, -0.1) is 0 Å². The molecule has 0 saturated carbocycles. The molecule has 1 aromatic heterocycles. The summed E-state index contributed by atoms with van der Waals surface area (Å²) in [5.41, 5.74) is 5.32. The molecule has 0 saturated heterocycles. The van der Waals surface area contributed by atoms with Gasteiger partial charge < -0.3 is 10.5 Å². The van der Waals surface area contributed by atoms with Gasteiger partial charge in [-0.05, 0) is 34.1 Å². The lowest BCUT2D eigenvalue weighted by Crippen LogP contribution is -2.12. The summed E-state index contributed by atoms with van der Waals surface area (Å²) in [6.07, 6.45) is 1.48. The molecule has 2 N–H and O–H groups in total. The number of para-hydroxylation sites is 1. The molecule has 0 aliphatic carbocycles. The van der Waals surface area contributed by atoms with E-state index in [9.17, 15) is 4.79 Å². The van der Waals surface area contributed by atoms with Crippen LogP contribution in [0, 0.1) is 0 Å². The molecule has 0 atom stereocenters. The Hall–Kier alpha value is -1.88. The van der Waals surface area contributed by atoms with Crippen LogP contribution in [0.15, 0.2) is 47.1 Å². The first kappa shape index (κ1) is 11.6. The summed E-state index contributed by atoms with van der Waals surface area (Å²) in [5, 5.41) is 0. The van der Waals surface area contributed by atoms with Crippen molar-refractivity contribution < 1.29 is 9.53 Å². The van der Waals surface area contributed by atoms with Gasteiger partial charge in [0.25, 0.3) is 5.91 Å². The zero-order valence-electron chi connectivity index (χ0n) is 8.76. The van der Waals surface area contributed by atoms with Crippen molar-refractivity contribution in [1.29, 1.82) is 0 Å². The second-order valence-electron chi connectivity index (χ2n) is 3.27. The summed E-state index contributed by atoms with van der Waals surface area (Å²) in [7, 11) is 0. The Morgan fingerprint density at radius 1 is 1.29 bits per heavy atom. The van der Waals surface area contributed by atoms with Crippen LogP contribution in [0.4, 0.5) is 0 Å². The largest absolute Gasteiger partial charge is 0.456 e. The number of halogens is 1. The molecule has 0 spiro atoms. The van der Waals surface area contributed by atoms with Gasteiger partial charge in [0, 0.05) is 12.3 Å². The molecule has 86 valence electrons. The standard InChI is InChI=1S/C12H9BrN2O2/c13-9-3-1-2-4-11(9)17-8-5-6-15-10(7-8)12(14)16/h1-7H,(H2,14,16). The highest BCUT2D eigenvalue weighted by atomic mass is 79.9. The van der Waals surface area contributed by atoms with Crippen molar-refractivity contribution in [2.75, 3.05) is 0 Å². The third-order valence-corrected chi connectivity index (χ3v) is 2.70. The molecule has 0 aliphatic rings. The Morgan fingerprint density at radius 3 is 2.76 bits per heavy atom. The smallest absolute Gasteiger partial charge is 0.267 e. The number of hydrogen-bond donors (Lipinski definition) is 1. The number of hydrogen-bond acceptors (Lipinski definition) is 3. The lowest BCUT2D eigenvalue weighted by atomic mass is 10.3. The molecule has 0 fully saturated rings. The van der Waals surface area contributed by atoms with Gasteiger partial charge in [0.2, 0.25) is 0 Å². The van der Waals surface area contributed by atoms with E-state index in [4.69, 9.17) is 10.5 Å². The number of nitrogens with zero attached hydrogens (tertiary/aromatic N) is 1. The van der Waals surface area contributed by atoms with Crippen molar-refractivity contribution in [3.8, 4) is 11.5 Å². The van der Waals surface area contributed by atoms with Crippen LogP contribution in [0.3, 0.4) is 0 Å². The Balaban J connectivity index is 2.28. The monoisotopic (exact) mass is 292 g/mol. The molecule has 2 aromatic rings. The quantitative estimate of drug-likeness (QED) is 0.946. The second-order valence-corrected chi connectivity index (χ2v) is 4.13. The van der Waals surface area contributed by atoms with Gasteiger partial charge in [0.1, 0.15) is 17.2 Å².